The summed E-state index contributed by atoms with van der Waals surface area (Å²) < 4.78 is 0. The Morgan fingerprint density at radius 3 is 2.18 bits per heavy atom. The van der Waals surface area contributed by atoms with Crippen molar-refractivity contribution < 1.29 is 14.7 Å². The van der Waals surface area contributed by atoms with Crippen LogP contribution in [0.15, 0.2) is 42.5 Å². The average molecular weight is 379 g/mol. The molecule has 2 saturated heterocycles. The van der Waals surface area contributed by atoms with E-state index < -0.39 is 6.04 Å². The van der Waals surface area contributed by atoms with Gasteiger partial charge in [-0.15, -0.1) is 0 Å². The monoisotopic (exact) mass is 379 g/mol. The molecule has 0 radical (unpaired) electrons. The van der Waals surface area contributed by atoms with Crippen LogP contribution in [0.1, 0.15) is 17.5 Å². The van der Waals surface area contributed by atoms with Crippen LogP contribution in [0, 0.1) is 13.8 Å². The van der Waals surface area contributed by atoms with Gasteiger partial charge in [0, 0.05) is 26.2 Å². The zero-order chi connectivity index (χ0) is 19.8. The van der Waals surface area contributed by atoms with E-state index in [0.717, 1.165) is 22.5 Å². The van der Waals surface area contributed by atoms with Gasteiger partial charge >= 0.3 is 0 Å². The summed E-state index contributed by atoms with van der Waals surface area (Å²) in [5, 5.41) is 10.1. The lowest BCUT2D eigenvalue weighted by atomic mass is 10.1. The SMILES string of the molecule is Cc1cccc(C)c1N1C(=O)CC(N2CCN(c3ccccc3O)CC2)C1=O. The first-order valence-corrected chi connectivity index (χ1v) is 9.67. The van der Waals surface area contributed by atoms with Gasteiger partial charge in [-0.2, -0.15) is 0 Å². The van der Waals surface area contributed by atoms with E-state index in [4.69, 9.17) is 0 Å². The van der Waals surface area contributed by atoms with E-state index in [1.807, 2.05) is 44.2 Å². The van der Waals surface area contributed by atoms with Gasteiger partial charge in [0.05, 0.1) is 23.8 Å². The number of phenols is 1. The number of piperazine rings is 1. The number of imide groups is 1. The summed E-state index contributed by atoms with van der Waals surface area (Å²) in [6.45, 7) is 6.64. The lowest BCUT2D eigenvalue weighted by Crippen LogP contribution is -2.52. The number of aromatic hydroxyl groups is 1. The number of rotatable bonds is 3. The third-order valence-electron chi connectivity index (χ3n) is 5.76. The Labute approximate surface area is 165 Å². The van der Waals surface area contributed by atoms with Gasteiger partial charge in [-0.1, -0.05) is 30.3 Å². The van der Waals surface area contributed by atoms with E-state index in [2.05, 4.69) is 9.80 Å². The van der Waals surface area contributed by atoms with Crippen LogP contribution in [0.5, 0.6) is 5.75 Å². The van der Waals surface area contributed by atoms with Crippen molar-refractivity contribution in [2.75, 3.05) is 36.0 Å². The van der Waals surface area contributed by atoms with Crippen molar-refractivity contribution in [1.82, 2.24) is 4.90 Å². The molecule has 2 heterocycles. The fourth-order valence-electron chi connectivity index (χ4n) is 4.30. The van der Waals surface area contributed by atoms with Crippen molar-refractivity contribution in [2.45, 2.75) is 26.3 Å². The van der Waals surface area contributed by atoms with Gasteiger partial charge in [0.2, 0.25) is 5.91 Å². The number of benzene rings is 2. The molecule has 28 heavy (non-hydrogen) atoms. The summed E-state index contributed by atoms with van der Waals surface area (Å²) >= 11 is 0. The fourth-order valence-corrected chi connectivity index (χ4v) is 4.30. The Kier molecular flexibility index (Phi) is 4.81. The third-order valence-corrected chi connectivity index (χ3v) is 5.76. The number of carbonyl (C=O) groups excluding carboxylic acids is 2. The normalized spacial score (nSPS) is 20.9. The Balaban J connectivity index is 1.49. The molecule has 4 rings (SSSR count). The molecule has 0 aliphatic carbocycles. The van der Waals surface area contributed by atoms with Gasteiger partial charge in [0.15, 0.2) is 0 Å². The van der Waals surface area contributed by atoms with Gasteiger partial charge in [-0.05, 0) is 37.1 Å². The van der Waals surface area contributed by atoms with Gasteiger partial charge in [0.25, 0.3) is 5.91 Å². The second-order valence-corrected chi connectivity index (χ2v) is 7.54. The second kappa shape index (κ2) is 7.28. The lowest BCUT2D eigenvalue weighted by molar-refractivity contribution is -0.123. The molecule has 146 valence electrons. The highest BCUT2D eigenvalue weighted by Gasteiger charge is 2.44. The quantitative estimate of drug-likeness (QED) is 0.830. The highest BCUT2D eigenvalue weighted by atomic mass is 16.3. The maximum absolute atomic E-state index is 13.1. The van der Waals surface area contributed by atoms with E-state index in [0.29, 0.717) is 26.2 Å². The molecule has 1 atom stereocenters. The summed E-state index contributed by atoms with van der Waals surface area (Å²) in [6, 6.07) is 12.7. The van der Waals surface area contributed by atoms with Crippen LogP contribution in [0.4, 0.5) is 11.4 Å². The van der Waals surface area contributed by atoms with E-state index in [1.54, 1.807) is 12.1 Å². The number of phenolic OH excluding ortho intramolecular Hbond substituents is 1. The molecule has 2 aromatic carbocycles. The van der Waals surface area contributed by atoms with E-state index in [-0.39, 0.29) is 24.0 Å². The summed E-state index contributed by atoms with van der Waals surface area (Å²) in [6.07, 6.45) is 0.225. The minimum Gasteiger partial charge on any atom is -0.506 e. The first-order chi connectivity index (χ1) is 13.5. The minimum absolute atomic E-state index is 0.126. The molecule has 0 bridgehead atoms. The molecule has 0 spiro atoms. The maximum Gasteiger partial charge on any atom is 0.251 e. The second-order valence-electron chi connectivity index (χ2n) is 7.54. The van der Waals surface area contributed by atoms with Crippen LogP contribution in [0.3, 0.4) is 0 Å². The van der Waals surface area contributed by atoms with E-state index >= 15 is 0 Å². The molecule has 6 nitrogen and oxygen atoms in total. The zero-order valence-corrected chi connectivity index (χ0v) is 16.3. The molecule has 0 aromatic heterocycles. The number of amides is 2. The number of nitrogens with zero attached hydrogens (tertiary/aromatic N) is 3. The van der Waals surface area contributed by atoms with E-state index in [9.17, 15) is 14.7 Å². The van der Waals surface area contributed by atoms with Crippen LogP contribution >= 0.6 is 0 Å². The number of hydrogen-bond donors (Lipinski definition) is 1. The third kappa shape index (κ3) is 3.14. The Hall–Kier alpha value is -2.86. The van der Waals surface area contributed by atoms with Crippen molar-refractivity contribution in [1.29, 1.82) is 0 Å². The summed E-state index contributed by atoms with van der Waals surface area (Å²) in [7, 11) is 0. The molecule has 6 heteroatoms. The molecule has 2 amide bonds. The smallest absolute Gasteiger partial charge is 0.251 e. The Bertz CT molecular complexity index is 899. The predicted octanol–water partition coefficient (Wildman–Crippen LogP) is 2.46. The van der Waals surface area contributed by atoms with Gasteiger partial charge in [0.1, 0.15) is 5.75 Å². The molecule has 1 N–H and O–H groups in total. The van der Waals surface area contributed by atoms with Crippen LogP contribution in [-0.2, 0) is 9.59 Å². The van der Waals surface area contributed by atoms with Crippen LogP contribution in [0.2, 0.25) is 0 Å². The zero-order valence-electron chi connectivity index (χ0n) is 16.3. The Morgan fingerprint density at radius 1 is 0.893 bits per heavy atom. The molecular formula is C22H25N3O3. The van der Waals surface area contributed by atoms with Crippen LogP contribution < -0.4 is 9.80 Å². The number of para-hydroxylation sites is 3. The molecule has 2 aromatic rings. The number of carbonyl (C=O) groups is 2. The van der Waals surface area contributed by atoms with Crippen LogP contribution in [0.25, 0.3) is 0 Å². The van der Waals surface area contributed by atoms with Crippen molar-refractivity contribution in [3.05, 3.63) is 53.6 Å². The largest absolute Gasteiger partial charge is 0.506 e. The van der Waals surface area contributed by atoms with Crippen LogP contribution in [-0.4, -0.2) is 54.0 Å². The molecule has 0 saturated carbocycles. The topological polar surface area (TPSA) is 64.1 Å². The van der Waals surface area contributed by atoms with Gasteiger partial charge < -0.3 is 10.0 Å². The lowest BCUT2D eigenvalue weighted by Gasteiger charge is -2.38. The fraction of sp³-hybridized carbons (Fsp3) is 0.364. The highest BCUT2D eigenvalue weighted by molar-refractivity contribution is 6.23. The number of anilines is 2. The standard InChI is InChI=1S/C22H25N3O3/c1-15-6-5-7-16(2)21(15)25-20(27)14-18(22(25)28)24-12-10-23(11-13-24)17-8-3-4-9-19(17)26/h3-9,18,26H,10-14H2,1-2H3. The molecule has 2 fully saturated rings. The molecular weight excluding hydrogens is 354 g/mol. The van der Waals surface area contributed by atoms with Gasteiger partial charge in [-0.3, -0.25) is 14.5 Å². The summed E-state index contributed by atoms with van der Waals surface area (Å²) in [5.41, 5.74) is 3.42. The van der Waals surface area contributed by atoms with Crippen molar-refractivity contribution in [3.63, 3.8) is 0 Å². The van der Waals surface area contributed by atoms with Crippen molar-refractivity contribution in [3.8, 4) is 5.75 Å². The van der Waals surface area contributed by atoms with Crippen molar-refractivity contribution >= 4 is 23.2 Å². The molecule has 1 unspecified atom stereocenters. The van der Waals surface area contributed by atoms with Crippen molar-refractivity contribution in [2.24, 2.45) is 0 Å². The minimum atomic E-state index is -0.405. The first kappa shape index (κ1) is 18.5. The molecule has 2 aliphatic heterocycles. The molecule has 2 aliphatic rings. The first-order valence-electron chi connectivity index (χ1n) is 9.67. The van der Waals surface area contributed by atoms with E-state index in [1.165, 1.54) is 4.90 Å². The summed E-state index contributed by atoms with van der Waals surface area (Å²) in [4.78, 5) is 31.4. The highest BCUT2D eigenvalue weighted by Crippen LogP contribution is 2.32. The summed E-state index contributed by atoms with van der Waals surface area (Å²) in [5.74, 6) is 0.0122. The predicted molar refractivity (Wildman–Crippen MR) is 109 cm³/mol. The number of aryl methyl sites for hydroxylation is 2. The average Bonchev–Trinajstić information content (AvgIpc) is 2.97. The Morgan fingerprint density at radius 2 is 1.54 bits per heavy atom. The number of hydrogen-bond acceptors (Lipinski definition) is 5. The van der Waals surface area contributed by atoms with Gasteiger partial charge in [-0.25, -0.2) is 4.90 Å². The maximum atomic E-state index is 13.1.